The lowest BCUT2D eigenvalue weighted by Gasteiger charge is -2.01. The lowest BCUT2D eigenvalue weighted by molar-refractivity contribution is 0.591. The molecule has 0 aliphatic carbocycles. The number of fused-ring (bicyclic) bond motifs is 2. The van der Waals surface area contributed by atoms with Crippen LogP contribution in [0.15, 0.2) is 30.3 Å². The fourth-order valence-electron chi connectivity index (χ4n) is 2.62. The van der Waals surface area contributed by atoms with Crippen LogP contribution in [0.1, 0.15) is 11.1 Å². The van der Waals surface area contributed by atoms with Crippen molar-refractivity contribution in [2.75, 3.05) is 0 Å². The van der Waals surface area contributed by atoms with Crippen LogP contribution in [0.2, 0.25) is 0 Å². The number of rotatable bonds is 1. The number of benzene rings is 2. The van der Waals surface area contributed by atoms with Crippen LogP contribution in [0.25, 0.3) is 22.4 Å². The van der Waals surface area contributed by atoms with Crippen molar-refractivity contribution >= 4 is 11.0 Å². The molecule has 5 heteroatoms. The Morgan fingerprint density at radius 2 is 1.85 bits per heavy atom. The molecule has 0 saturated carbocycles. The zero-order valence-corrected chi connectivity index (χ0v) is 10.5. The Labute approximate surface area is 113 Å². The largest absolute Gasteiger partial charge is 0.338 e. The molecule has 2 heterocycles. The van der Waals surface area contributed by atoms with Gasteiger partial charge in [-0.05, 0) is 23.3 Å². The normalized spacial score (nSPS) is 13.9. The second-order valence-corrected chi connectivity index (χ2v) is 4.96. The summed E-state index contributed by atoms with van der Waals surface area (Å²) in [5.74, 6) is -0.701. The fourth-order valence-corrected chi connectivity index (χ4v) is 2.62. The summed E-state index contributed by atoms with van der Waals surface area (Å²) in [7, 11) is 0. The van der Waals surface area contributed by atoms with Gasteiger partial charge >= 0.3 is 0 Å². The van der Waals surface area contributed by atoms with Crippen LogP contribution in [-0.2, 0) is 13.1 Å². The number of halogens is 2. The molecule has 1 aliphatic rings. The smallest absolute Gasteiger partial charge is 0.153 e. The van der Waals surface area contributed by atoms with Gasteiger partial charge in [-0.2, -0.15) is 0 Å². The molecule has 0 fully saturated rings. The molecule has 1 aromatic heterocycles. The predicted molar refractivity (Wildman–Crippen MR) is 72.0 cm³/mol. The van der Waals surface area contributed by atoms with E-state index in [4.69, 9.17) is 0 Å². The first kappa shape index (κ1) is 11.5. The van der Waals surface area contributed by atoms with Gasteiger partial charge < -0.3 is 10.3 Å². The van der Waals surface area contributed by atoms with Gasteiger partial charge in [0.25, 0.3) is 0 Å². The Balaban J connectivity index is 1.88. The van der Waals surface area contributed by atoms with Gasteiger partial charge in [-0.1, -0.05) is 12.1 Å². The second-order valence-electron chi connectivity index (χ2n) is 4.96. The van der Waals surface area contributed by atoms with Gasteiger partial charge in [-0.15, -0.1) is 0 Å². The predicted octanol–water partition coefficient (Wildman–Crippen LogP) is 3.11. The van der Waals surface area contributed by atoms with Crippen LogP contribution in [-0.4, -0.2) is 9.97 Å². The zero-order chi connectivity index (χ0) is 13.7. The summed E-state index contributed by atoms with van der Waals surface area (Å²) in [6, 6.07) is 8.11. The summed E-state index contributed by atoms with van der Waals surface area (Å²) < 4.78 is 26.9. The van der Waals surface area contributed by atoms with E-state index in [-0.39, 0.29) is 5.52 Å². The molecule has 0 amide bonds. The average molecular weight is 271 g/mol. The Bertz CT molecular complexity index is 823. The van der Waals surface area contributed by atoms with E-state index in [0.29, 0.717) is 11.3 Å². The van der Waals surface area contributed by atoms with Crippen molar-refractivity contribution in [2.24, 2.45) is 0 Å². The quantitative estimate of drug-likeness (QED) is 0.714. The van der Waals surface area contributed by atoms with Crippen LogP contribution in [0.3, 0.4) is 0 Å². The van der Waals surface area contributed by atoms with Gasteiger partial charge in [-0.25, -0.2) is 13.8 Å². The van der Waals surface area contributed by atoms with Gasteiger partial charge in [0.2, 0.25) is 0 Å². The first-order valence-corrected chi connectivity index (χ1v) is 6.38. The molecule has 1 aliphatic heterocycles. The van der Waals surface area contributed by atoms with E-state index >= 15 is 0 Å². The SMILES string of the molecule is Fc1cc(F)c2nc(-c3ccc4c(c3)CNC4)[nH]c2c1. The van der Waals surface area contributed by atoms with E-state index in [1.165, 1.54) is 17.2 Å². The molecule has 3 nitrogen and oxygen atoms in total. The number of aromatic amines is 1. The minimum Gasteiger partial charge on any atom is -0.338 e. The van der Waals surface area contributed by atoms with Crippen LogP contribution in [0.4, 0.5) is 8.78 Å². The number of nitrogens with zero attached hydrogens (tertiary/aromatic N) is 1. The Morgan fingerprint density at radius 3 is 2.75 bits per heavy atom. The van der Waals surface area contributed by atoms with E-state index in [1.807, 2.05) is 18.2 Å². The molecule has 100 valence electrons. The molecule has 0 saturated heterocycles. The molecule has 0 bridgehead atoms. The van der Waals surface area contributed by atoms with E-state index in [2.05, 4.69) is 15.3 Å². The number of H-pyrrole nitrogens is 1. The fraction of sp³-hybridized carbons (Fsp3) is 0.133. The maximum atomic E-state index is 13.7. The van der Waals surface area contributed by atoms with Crippen molar-refractivity contribution in [3.8, 4) is 11.4 Å². The van der Waals surface area contributed by atoms with Crippen LogP contribution in [0.5, 0.6) is 0 Å². The highest BCUT2D eigenvalue weighted by Gasteiger charge is 2.14. The number of hydrogen-bond acceptors (Lipinski definition) is 2. The lowest BCUT2D eigenvalue weighted by atomic mass is 10.1. The molecule has 4 rings (SSSR count). The molecular formula is C15H11F2N3. The van der Waals surface area contributed by atoms with Crippen LogP contribution in [0, 0.1) is 11.6 Å². The molecule has 0 spiro atoms. The lowest BCUT2D eigenvalue weighted by Crippen LogP contribution is -1.99. The number of nitrogens with one attached hydrogen (secondary N) is 2. The van der Waals surface area contributed by atoms with Gasteiger partial charge in [0.15, 0.2) is 5.82 Å². The average Bonchev–Trinajstić information content (AvgIpc) is 3.03. The van der Waals surface area contributed by atoms with E-state index < -0.39 is 11.6 Å². The highest BCUT2D eigenvalue weighted by molar-refractivity contribution is 5.80. The number of imidazole rings is 1. The third-order valence-corrected chi connectivity index (χ3v) is 3.62. The van der Waals surface area contributed by atoms with E-state index in [0.717, 1.165) is 24.7 Å². The Morgan fingerprint density at radius 1 is 1.00 bits per heavy atom. The zero-order valence-electron chi connectivity index (χ0n) is 10.5. The monoisotopic (exact) mass is 271 g/mol. The first-order valence-electron chi connectivity index (χ1n) is 6.38. The van der Waals surface area contributed by atoms with Crippen molar-refractivity contribution in [1.29, 1.82) is 0 Å². The molecule has 0 radical (unpaired) electrons. The van der Waals surface area contributed by atoms with Crippen molar-refractivity contribution in [2.45, 2.75) is 13.1 Å². The number of aromatic nitrogens is 2. The summed E-state index contributed by atoms with van der Waals surface area (Å²) in [5.41, 5.74) is 3.90. The standard InChI is InChI=1S/C15H11F2N3/c16-11-4-12(17)14-13(5-11)19-15(20-14)8-1-2-9-6-18-7-10(9)3-8/h1-5,18H,6-7H2,(H,19,20). The maximum Gasteiger partial charge on any atom is 0.153 e. The van der Waals surface area contributed by atoms with Crippen molar-refractivity contribution in [3.63, 3.8) is 0 Å². The van der Waals surface area contributed by atoms with Gasteiger partial charge in [0.05, 0.1) is 5.52 Å². The van der Waals surface area contributed by atoms with E-state index in [9.17, 15) is 8.78 Å². The maximum absolute atomic E-state index is 13.7. The van der Waals surface area contributed by atoms with Crippen LogP contribution >= 0.6 is 0 Å². The van der Waals surface area contributed by atoms with Gasteiger partial charge in [-0.3, -0.25) is 0 Å². The third kappa shape index (κ3) is 1.71. The molecular weight excluding hydrogens is 260 g/mol. The highest BCUT2D eigenvalue weighted by atomic mass is 19.1. The summed E-state index contributed by atoms with van der Waals surface area (Å²) >= 11 is 0. The molecule has 2 N–H and O–H groups in total. The van der Waals surface area contributed by atoms with Gasteiger partial charge in [0, 0.05) is 24.7 Å². The Hall–Kier alpha value is -2.27. The highest BCUT2D eigenvalue weighted by Crippen LogP contribution is 2.26. The van der Waals surface area contributed by atoms with Gasteiger partial charge in [0.1, 0.15) is 17.2 Å². The molecule has 0 atom stereocenters. The first-order chi connectivity index (χ1) is 9.70. The second kappa shape index (κ2) is 4.11. The van der Waals surface area contributed by atoms with Crippen molar-refractivity contribution in [1.82, 2.24) is 15.3 Å². The molecule has 2 aromatic carbocycles. The summed E-state index contributed by atoms with van der Waals surface area (Å²) in [6.45, 7) is 1.70. The minimum atomic E-state index is -0.648. The molecule has 0 unspecified atom stereocenters. The molecule has 3 aromatic rings. The van der Waals surface area contributed by atoms with Crippen molar-refractivity contribution < 1.29 is 8.78 Å². The molecule has 20 heavy (non-hydrogen) atoms. The number of hydrogen-bond donors (Lipinski definition) is 2. The van der Waals surface area contributed by atoms with E-state index in [1.54, 1.807) is 0 Å². The minimum absolute atomic E-state index is 0.167. The Kier molecular flexibility index (Phi) is 2.37. The third-order valence-electron chi connectivity index (χ3n) is 3.62. The summed E-state index contributed by atoms with van der Waals surface area (Å²) in [4.78, 5) is 7.20. The summed E-state index contributed by atoms with van der Waals surface area (Å²) in [5, 5.41) is 3.27. The summed E-state index contributed by atoms with van der Waals surface area (Å²) in [6.07, 6.45) is 0. The van der Waals surface area contributed by atoms with Crippen LogP contribution < -0.4 is 5.32 Å². The van der Waals surface area contributed by atoms with Crippen molar-refractivity contribution in [3.05, 3.63) is 53.1 Å². The topological polar surface area (TPSA) is 40.7 Å².